The normalized spacial score (nSPS) is 13.3. The second-order valence-electron chi connectivity index (χ2n) is 3.67. The molecule has 0 spiro atoms. The minimum absolute atomic E-state index is 0.436. The van der Waals surface area contributed by atoms with E-state index in [4.69, 9.17) is 11.6 Å². The Kier molecular flexibility index (Phi) is 3.76. The van der Waals surface area contributed by atoms with E-state index >= 15 is 0 Å². The largest absolute Gasteiger partial charge is 0.388 e. The maximum absolute atomic E-state index is 9.79. The number of aliphatic hydroxyl groups is 1. The maximum Gasteiger partial charge on any atom is 0.0806 e. The first-order chi connectivity index (χ1) is 6.11. The standard InChI is InChI=1S/C11H15ClO/c1-8(2)7-11(13)9-5-3-4-6-10(9)12/h3-6,8,11,13H,7H2,1-2H3. The molecule has 0 amide bonds. The molecule has 2 heteroatoms. The van der Waals surface area contributed by atoms with Gasteiger partial charge in [-0.1, -0.05) is 43.6 Å². The molecule has 0 saturated carbocycles. The molecule has 0 radical (unpaired) electrons. The summed E-state index contributed by atoms with van der Waals surface area (Å²) in [6.07, 6.45) is 0.317. The summed E-state index contributed by atoms with van der Waals surface area (Å²) in [7, 11) is 0. The van der Waals surface area contributed by atoms with Crippen molar-refractivity contribution < 1.29 is 5.11 Å². The van der Waals surface area contributed by atoms with Gasteiger partial charge in [0, 0.05) is 5.02 Å². The summed E-state index contributed by atoms with van der Waals surface area (Å²) >= 11 is 5.94. The van der Waals surface area contributed by atoms with Crippen LogP contribution in [-0.4, -0.2) is 5.11 Å². The first kappa shape index (κ1) is 10.6. The molecule has 0 fully saturated rings. The molecule has 1 atom stereocenters. The van der Waals surface area contributed by atoms with E-state index in [-0.39, 0.29) is 0 Å². The van der Waals surface area contributed by atoms with Crippen LogP contribution in [0.15, 0.2) is 24.3 Å². The van der Waals surface area contributed by atoms with Crippen LogP contribution in [0.5, 0.6) is 0 Å². The van der Waals surface area contributed by atoms with Gasteiger partial charge in [-0.3, -0.25) is 0 Å². The Hall–Kier alpha value is -0.530. The van der Waals surface area contributed by atoms with Crippen molar-refractivity contribution in [1.82, 2.24) is 0 Å². The minimum Gasteiger partial charge on any atom is -0.388 e. The van der Waals surface area contributed by atoms with E-state index in [0.29, 0.717) is 10.9 Å². The van der Waals surface area contributed by atoms with Gasteiger partial charge in [0.05, 0.1) is 6.10 Å². The molecule has 0 bridgehead atoms. The summed E-state index contributed by atoms with van der Waals surface area (Å²) in [5.41, 5.74) is 0.831. The van der Waals surface area contributed by atoms with E-state index in [2.05, 4.69) is 13.8 Å². The monoisotopic (exact) mass is 198 g/mol. The van der Waals surface area contributed by atoms with Crippen molar-refractivity contribution >= 4 is 11.6 Å². The summed E-state index contributed by atoms with van der Waals surface area (Å²) in [4.78, 5) is 0. The maximum atomic E-state index is 9.79. The second-order valence-corrected chi connectivity index (χ2v) is 4.07. The third-order valence-corrected chi connectivity index (χ3v) is 2.30. The average Bonchev–Trinajstić information content (AvgIpc) is 2.03. The molecule has 0 saturated heterocycles. The lowest BCUT2D eigenvalue weighted by Crippen LogP contribution is -2.02. The van der Waals surface area contributed by atoms with E-state index in [1.54, 1.807) is 6.07 Å². The van der Waals surface area contributed by atoms with Crippen molar-refractivity contribution in [3.63, 3.8) is 0 Å². The molecule has 0 aromatic heterocycles. The van der Waals surface area contributed by atoms with Crippen LogP contribution in [0.2, 0.25) is 5.02 Å². The van der Waals surface area contributed by atoms with Crippen LogP contribution in [0.1, 0.15) is 31.9 Å². The number of aliphatic hydroxyl groups excluding tert-OH is 1. The smallest absolute Gasteiger partial charge is 0.0806 e. The van der Waals surface area contributed by atoms with Crippen molar-refractivity contribution in [3.05, 3.63) is 34.9 Å². The molecule has 1 rings (SSSR count). The number of hydrogen-bond acceptors (Lipinski definition) is 1. The van der Waals surface area contributed by atoms with Crippen LogP contribution >= 0.6 is 11.6 Å². The number of hydrogen-bond donors (Lipinski definition) is 1. The Labute approximate surface area is 84.4 Å². The van der Waals surface area contributed by atoms with Crippen molar-refractivity contribution in [2.45, 2.75) is 26.4 Å². The highest BCUT2D eigenvalue weighted by molar-refractivity contribution is 6.31. The van der Waals surface area contributed by atoms with Gasteiger partial charge in [0.15, 0.2) is 0 Å². The van der Waals surface area contributed by atoms with Gasteiger partial charge in [0.2, 0.25) is 0 Å². The van der Waals surface area contributed by atoms with Crippen LogP contribution in [0.3, 0.4) is 0 Å². The average molecular weight is 199 g/mol. The van der Waals surface area contributed by atoms with Gasteiger partial charge >= 0.3 is 0 Å². The van der Waals surface area contributed by atoms with Crippen molar-refractivity contribution in [3.8, 4) is 0 Å². The third kappa shape index (κ3) is 3.02. The molecule has 1 unspecified atom stereocenters. The Morgan fingerprint density at radius 3 is 2.46 bits per heavy atom. The fraction of sp³-hybridized carbons (Fsp3) is 0.455. The molecule has 0 aliphatic rings. The molecule has 72 valence electrons. The SMILES string of the molecule is CC(C)CC(O)c1ccccc1Cl. The zero-order chi connectivity index (χ0) is 9.84. The highest BCUT2D eigenvalue weighted by Crippen LogP contribution is 2.26. The molecule has 1 aromatic rings. The summed E-state index contributed by atoms with van der Waals surface area (Å²) in [6, 6.07) is 7.44. The fourth-order valence-electron chi connectivity index (χ4n) is 1.32. The lowest BCUT2D eigenvalue weighted by atomic mass is 10.00. The van der Waals surface area contributed by atoms with Crippen LogP contribution in [-0.2, 0) is 0 Å². The molecule has 13 heavy (non-hydrogen) atoms. The first-order valence-corrected chi connectivity index (χ1v) is 4.91. The van der Waals surface area contributed by atoms with Gasteiger partial charge in [-0.25, -0.2) is 0 Å². The van der Waals surface area contributed by atoms with Gasteiger partial charge in [-0.05, 0) is 24.0 Å². The van der Waals surface area contributed by atoms with Crippen LogP contribution < -0.4 is 0 Å². The summed E-state index contributed by atoms with van der Waals surface area (Å²) < 4.78 is 0. The molecule has 0 heterocycles. The van der Waals surface area contributed by atoms with Gasteiger partial charge in [-0.2, -0.15) is 0 Å². The van der Waals surface area contributed by atoms with Crippen LogP contribution in [0.25, 0.3) is 0 Å². The van der Waals surface area contributed by atoms with E-state index in [9.17, 15) is 5.11 Å². The molecule has 0 aliphatic carbocycles. The molecule has 1 N–H and O–H groups in total. The summed E-state index contributed by atoms with van der Waals surface area (Å²) in [5.74, 6) is 0.478. The fourth-order valence-corrected chi connectivity index (χ4v) is 1.58. The Morgan fingerprint density at radius 2 is 1.92 bits per heavy atom. The van der Waals surface area contributed by atoms with E-state index in [1.165, 1.54) is 0 Å². The van der Waals surface area contributed by atoms with Gasteiger partial charge in [0.1, 0.15) is 0 Å². The Balaban J connectivity index is 2.76. The zero-order valence-electron chi connectivity index (χ0n) is 8.00. The van der Waals surface area contributed by atoms with Gasteiger partial charge in [0.25, 0.3) is 0 Å². The van der Waals surface area contributed by atoms with E-state index < -0.39 is 6.10 Å². The zero-order valence-corrected chi connectivity index (χ0v) is 8.75. The molecular formula is C11H15ClO. The lowest BCUT2D eigenvalue weighted by molar-refractivity contribution is 0.151. The minimum atomic E-state index is -0.436. The highest BCUT2D eigenvalue weighted by Gasteiger charge is 2.11. The Bertz CT molecular complexity index is 271. The first-order valence-electron chi connectivity index (χ1n) is 4.53. The molecule has 0 aliphatic heterocycles. The predicted molar refractivity (Wildman–Crippen MR) is 55.9 cm³/mol. The van der Waals surface area contributed by atoms with Crippen LogP contribution in [0, 0.1) is 5.92 Å². The highest BCUT2D eigenvalue weighted by atomic mass is 35.5. The second kappa shape index (κ2) is 4.64. The molecular weight excluding hydrogens is 184 g/mol. The van der Waals surface area contributed by atoms with Crippen molar-refractivity contribution in [2.75, 3.05) is 0 Å². The lowest BCUT2D eigenvalue weighted by Gasteiger charge is -2.14. The number of rotatable bonds is 3. The van der Waals surface area contributed by atoms with Crippen LogP contribution in [0.4, 0.5) is 0 Å². The Morgan fingerprint density at radius 1 is 1.31 bits per heavy atom. The topological polar surface area (TPSA) is 20.2 Å². The predicted octanol–water partition coefficient (Wildman–Crippen LogP) is 3.42. The summed E-state index contributed by atoms with van der Waals surface area (Å²) in [6.45, 7) is 4.17. The molecule has 1 aromatic carbocycles. The summed E-state index contributed by atoms with van der Waals surface area (Å²) in [5, 5.41) is 10.4. The van der Waals surface area contributed by atoms with Crippen molar-refractivity contribution in [1.29, 1.82) is 0 Å². The van der Waals surface area contributed by atoms with Gasteiger partial charge < -0.3 is 5.11 Å². The molecule has 1 nitrogen and oxygen atoms in total. The number of benzene rings is 1. The third-order valence-electron chi connectivity index (χ3n) is 1.96. The number of halogens is 1. The van der Waals surface area contributed by atoms with E-state index in [0.717, 1.165) is 12.0 Å². The van der Waals surface area contributed by atoms with Gasteiger partial charge in [-0.15, -0.1) is 0 Å². The van der Waals surface area contributed by atoms with E-state index in [1.807, 2.05) is 18.2 Å². The van der Waals surface area contributed by atoms with Crippen molar-refractivity contribution in [2.24, 2.45) is 5.92 Å². The quantitative estimate of drug-likeness (QED) is 0.789.